The van der Waals surface area contributed by atoms with Crippen molar-refractivity contribution >= 4 is 11.3 Å². The van der Waals surface area contributed by atoms with Crippen LogP contribution in [0.2, 0.25) is 0 Å². The largest absolute Gasteiger partial charge is 0.305 e. The first-order chi connectivity index (χ1) is 8.16. The van der Waals surface area contributed by atoms with Crippen LogP contribution in [0.3, 0.4) is 0 Å². The summed E-state index contributed by atoms with van der Waals surface area (Å²) in [6, 6.07) is 9.03. The molecule has 1 heterocycles. The normalized spacial score (nSPS) is 12.6. The minimum Gasteiger partial charge on any atom is -0.305 e. The van der Waals surface area contributed by atoms with Crippen molar-refractivity contribution in [3.05, 3.63) is 57.5 Å². The van der Waals surface area contributed by atoms with Crippen molar-refractivity contribution < 1.29 is 4.39 Å². The Morgan fingerprint density at radius 3 is 2.53 bits per heavy atom. The van der Waals surface area contributed by atoms with Crippen molar-refractivity contribution in [2.75, 3.05) is 0 Å². The summed E-state index contributed by atoms with van der Waals surface area (Å²) in [5.41, 5.74) is 2.44. The molecule has 1 N–H and O–H groups in total. The topological polar surface area (TPSA) is 12.0 Å². The van der Waals surface area contributed by atoms with Crippen LogP contribution in [0.15, 0.2) is 35.7 Å². The van der Waals surface area contributed by atoms with Gasteiger partial charge in [-0.25, -0.2) is 4.39 Å². The third-order valence-electron chi connectivity index (χ3n) is 2.91. The number of nitrogens with one attached hydrogen (secondary N) is 1. The zero-order chi connectivity index (χ0) is 12.3. The van der Waals surface area contributed by atoms with Crippen LogP contribution in [0.4, 0.5) is 4.39 Å². The van der Waals surface area contributed by atoms with Gasteiger partial charge in [0.2, 0.25) is 0 Å². The van der Waals surface area contributed by atoms with Crippen LogP contribution in [0, 0.1) is 12.7 Å². The second-order valence-electron chi connectivity index (χ2n) is 4.18. The second-order valence-corrected chi connectivity index (χ2v) is 5.18. The third-order valence-corrected chi connectivity index (χ3v) is 3.93. The average Bonchev–Trinajstić information content (AvgIpc) is 2.73. The number of rotatable bonds is 4. The molecule has 90 valence electrons. The fourth-order valence-corrected chi connectivity index (χ4v) is 2.56. The van der Waals surface area contributed by atoms with Crippen LogP contribution >= 0.6 is 11.3 Å². The lowest BCUT2D eigenvalue weighted by Gasteiger charge is -2.14. The summed E-state index contributed by atoms with van der Waals surface area (Å²) in [6.07, 6.45) is 0. The number of hydrogen-bond acceptors (Lipinski definition) is 2. The lowest BCUT2D eigenvalue weighted by atomic mass is 10.1. The van der Waals surface area contributed by atoms with E-state index in [9.17, 15) is 4.39 Å². The highest BCUT2D eigenvalue weighted by Crippen LogP contribution is 2.18. The molecule has 0 fully saturated rings. The minimum atomic E-state index is -0.185. The van der Waals surface area contributed by atoms with Gasteiger partial charge in [0.15, 0.2) is 0 Å². The van der Waals surface area contributed by atoms with Crippen molar-refractivity contribution in [3.8, 4) is 0 Å². The summed E-state index contributed by atoms with van der Waals surface area (Å²) in [4.78, 5) is 1.36. The molecule has 2 aromatic rings. The zero-order valence-corrected chi connectivity index (χ0v) is 10.9. The Balaban J connectivity index is 1.95. The van der Waals surface area contributed by atoms with Gasteiger partial charge in [0.25, 0.3) is 0 Å². The fourth-order valence-electron chi connectivity index (χ4n) is 1.70. The van der Waals surface area contributed by atoms with E-state index < -0.39 is 0 Å². The van der Waals surface area contributed by atoms with Crippen LogP contribution in [-0.2, 0) is 6.54 Å². The van der Waals surface area contributed by atoms with Crippen molar-refractivity contribution in [2.24, 2.45) is 0 Å². The van der Waals surface area contributed by atoms with Gasteiger partial charge in [-0.15, -0.1) is 11.3 Å². The van der Waals surface area contributed by atoms with E-state index in [1.54, 1.807) is 11.3 Å². The van der Waals surface area contributed by atoms with Crippen LogP contribution in [-0.4, -0.2) is 0 Å². The Kier molecular flexibility index (Phi) is 3.92. The van der Waals surface area contributed by atoms with Crippen LogP contribution in [0.5, 0.6) is 0 Å². The highest BCUT2D eigenvalue weighted by atomic mass is 32.1. The molecule has 0 bridgehead atoms. The molecule has 2 rings (SSSR count). The zero-order valence-electron chi connectivity index (χ0n) is 10.0. The Morgan fingerprint density at radius 2 is 1.94 bits per heavy atom. The molecule has 0 radical (unpaired) electrons. The fraction of sp³-hybridized carbons (Fsp3) is 0.286. The van der Waals surface area contributed by atoms with Gasteiger partial charge in [0.05, 0.1) is 0 Å². The lowest BCUT2D eigenvalue weighted by Crippen LogP contribution is -2.17. The summed E-state index contributed by atoms with van der Waals surface area (Å²) in [5.74, 6) is -0.185. The van der Waals surface area contributed by atoms with Crippen LogP contribution in [0.25, 0.3) is 0 Å². The number of aryl methyl sites for hydroxylation is 1. The van der Waals surface area contributed by atoms with Gasteiger partial charge in [-0.2, -0.15) is 0 Å². The molecule has 1 aromatic heterocycles. The molecular formula is C14H16FNS. The highest BCUT2D eigenvalue weighted by Gasteiger charge is 2.06. The maximum atomic E-state index is 12.8. The first-order valence-corrected chi connectivity index (χ1v) is 6.56. The molecule has 0 amide bonds. The predicted octanol–water partition coefficient (Wildman–Crippen LogP) is 4.05. The third kappa shape index (κ3) is 3.14. The van der Waals surface area contributed by atoms with Gasteiger partial charge in [-0.3, -0.25) is 0 Å². The Hall–Kier alpha value is -1.19. The van der Waals surface area contributed by atoms with Gasteiger partial charge in [0, 0.05) is 17.5 Å². The molecule has 0 aliphatic rings. The summed E-state index contributed by atoms with van der Waals surface area (Å²) in [6.45, 7) is 5.08. The quantitative estimate of drug-likeness (QED) is 0.862. The Labute approximate surface area is 105 Å². The number of thiophene rings is 1. The van der Waals surface area contributed by atoms with E-state index in [2.05, 4.69) is 30.6 Å². The van der Waals surface area contributed by atoms with Crippen molar-refractivity contribution in [1.82, 2.24) is 5.32 Å². The monoisotopic (exact) mass is 249 g/mol. The highest BCUT2D eigenvalue weighted by molar-refractivity contribution is 7.10. The Morgan fingerprint density at radius 1 is 1.24 bits per heavy atom. The molecule has 0 unspecified atom stereocenters. The summed E-state index contributed by atoms with van der Waals surface area (Å²) >= 11 is 1.77. The number of benzene rings is 1. The average molecular weight is 249 g/mol. The van der Waals surface area contributed by atoms with Gasteiger partial charge < -0.3 is 5.32 Å². The first kappa shape index (κ1) is 12.3. The molecule has 1 aromatic carbocycles. The standard InChI is InChI=1S/C14H16FNS/c1-10-7-8-17-14(10)9-16-11(2)12-3-5-13(15)6-4-12/h3-8,11,16H,9H2,1-2H3/t11-/m0/s1. The van der Waals surface area contributed by atoms with Crippen molar-refractivity contribution in [2.45, 2.75) is 26.4 Å². The minimum absolute atomic E-state index is 0.185. The van der Waals surface area contributed by atoms with Gasteiger partial charge in [0.1, 0.15) is 5.82 Å². The van der Waals surface area contributed by atoms with E-state index in [1.165, 1.54) is 22.6 Å². The molecule has 1 nitrogen and oxygen atoms in total. The lowest BCUT2D eigenvalue weighted by molar-refractivity contribution is 0.574. The molecule has 3 heteroatoms. The summed E-state index contributed by atoms with van der Waals surface area (Å²) < 4.78 is 12.8. The van der Waals surface area contributed by atoms with Crippen molar-refractivity contribution in [1.29, 1.82) is 0 Å². The van der Waals surface area contributed by atoms with E-state index in [4.69, 9.17) is 0 Å². The molecular weight excluding hydrogens is 233 g/mol. The van der Waals surface area contributed by atoms with E-state index in [0.29, 0.717) is 0 Å². The molecule has 0 spiro atoms. The molecule has 0 saturated carbocycles. The van der Waals surface area contributed by atoms with Gasteiger partial charge in [-0.1, -0.05) is 12.1 Å². The van der Waals surface area contributed by atoms with Gasteiger partial charge >= 0.3 is 0 Å². The van der Waals surface area contributed by atoms with E-state index in [-0.39, 0.29) is 11.9 Å². The smallest absolute Gasteiger partial charge is 0.123 e. The predicted molar refractivity (Wildman–Crippen MR) is 70.7 cm³/mol. The second kappa shape index (κ2) is 5.43. The van der Waals surface area contributed by atoms with Crippen molar-refractivity contribution in [3.63, 3.8) is 0 Å². The van der Waals surface area contributed by atoms with Gasteiger partial charge in [-0.05, 0) is 48.6 Å². The molecule has 17 heavy (non-hydrogen) atoms. The van der Waals surface area contributed by atoms with E-state index >= 15 is 0 Å². The molecule has 0 aliphatic carbocycles. The van der Waals surface area contributed by atoms with E-state index in [1.807, 2.05) is 12.1 Å². The SMILES string of the molecule is Cc1ccsc1CN[C@@H](C)c1ccc(F)cc1. The number of halogens is 1. The van der Waals surface area contributed by atoms with Crippen LogP contribution < -0.4 is 5.32 Å². The molecule has 0 aliphatic heterocycles. The van der Waals surface area contributed by atoms with Crippen LogP contribution in [0.1, 0.15) is 29.0 Å². The van der Waals surface area contributed by atoms with E-state index in [0.717, 1.165) is 12.1 Å². The first-order valence-electron chi connectivity index (χ1n) is 5.68. The summed E-state index contributed by atoms with van der Waals surface area (Å²) in [5, 5.41) is 5.56. The maximum absolute atomic E-state index is 12.8. The Bertz CT molecular complexity index is 475. The maximum Gasteiger partial charge on any atom is 0.123 e. The number of hydrogen-bond donors (Lipinski definition) is 1. The summed E-state index contributed by atoms with van der Waals surface area (Å²) in [7, 11) is 0. The molecule has 1 atom stereocenters. The molecule has 0 saturated heterocycles.